The van der Waals surface area contributed by atoms with Gasteiger partial charge in [0.15, 0.2) is 6.10 Å². The van der Waals surface area contributed by atoms with E-state index in [0.717, 1.165) is 23.4 Å². The second-order valence-electron chi connectivity index (χ2n) is 5.80. The molecular weight excluding hydrogens is 286 g/mol. The predicted octanol–water partition coefficient (Wildman–Crippen LogP) is 4.66. The Morgan fingerprint density at radius 1 is 1.04 bits per heavy atom. The fourth-order valence-electron chi connectivity index (χ4n) is 2.32. The molecule has 0 saturated carbocycles. The lowest BCUT2D eigenvalue weighted by molar-refractivity contribution is -0.122. The zero-order valence-corrected chi connectivity index (χ0v) is 14.3. The predicted molar refractivity (Wildman–Crippen MR) is 95.1 cm³/mol. The lowest BCUT2D eigenvalue weighted by Crippen LogP contribution is -2.32. The maximum atomic E-state index is 12.4. The summed E-state index contributed by atoms with van der Waals surface area (Å²) in [4.78, 5) is 12.4. The van der Waals surface area contributed by atoms with Crippen molar-refractivity contribution in [1.29, 1.82) is 0 Å². The molecule has 0 bridgehead atoms. The molecule has 2 rings (SSSR count). The average molecular weight is 311 g/mol. The van der Waals surface area contributed by atoms with Crippen molar-refractivity contribution >= 4 is 11.6 Å². The van der Waals surface area contributed by atoms with Crippen molar-refractivity contribution in [2.75, 3.05) is 5.32 Å². The molecule has 0 aliphatic heterocycles. The molecule has 0 spiro atoms. The van der Waals surface area contributed by atoms with Crippen molar-refractivity contribution in [2.45, 2.75) is 46.6 Å². The number of rotatable bonds is 6. The number of nitrogens with one attached hydrogen (secondary N) is 1. The first-order valence-electron chi connectivity index (χ1n) is 8.17. The summed E-state index contributed by atoms with van der Waals surface area (Å²) in [5.41, 5.74) is 4.43. The normalized spacial score (nSPS) is 11.8. The summed E-state index contributed by atoms with van der Waals surface area (Å²) in [7, 11) is 0. The summed E-state index contributed by atoms with van der Waals surface area (Å²) in [6.07, 6.45) is 1.11. The van der Waals surface area contributed by atoms with E-state index in [2.05, 4.69) is 19.2 Å². The Morgan fingerprint density at radius 2 is 1.74 bits per heavy atom. The van der Waals surface area contributed by atoms with E-state index in [9.17, 15) is 4.79 Å². The fourth-order valence-corrected chi connectivity index (χ4v) is 2.32. The molecule has 2 aromatic rings. The van der Waals surface area contributed by atoms with Crippen LogP contribution in [0.25, 0.3) is 0 Å². The third kappa shape index (κ3) is 4.59. The minimum Gasteiger partial charge on any atom is -0.481 e. The molecule has 1 amide bonds. The smallest absolute Gasteiger partial charge is 0.265 e. The molecule has 0 heterocycles. The van der Waals surface area contributed by atoms with Crippen LogP contribution >= 0.6 is 0 Å². The van der Waals surface area contributed by atoms with Crippen molar-refractivity contribution in [1.82, 2.24) is 0 Å². The highest BCUT2D eigenvalue weighted by atomic mass is 16.5. The Labute approximate surface area is 138 Å². The summed E-state index contributed by atoms with van der Waals surface area (Å²) in [6, 6.07) is 13.8. The third-order valence-corrected chi connectivity index (χ3v) is 4.05. The van der Waals surface area contributed by atoms with Gasteiger partial charge >= 0.3 is 0 Å². The van der Waals surface area contributed by atoms with E-state index >= 15 is 0 Å². The highest BCUT2D eigenvalue weighted by Gasteiger charge is 2.18. The first kappa shape index (κ1) is 17.1. The van der Waals surface area contributed by atoms with Crippen LogP contribution in [0.4, 0.5) is 5.69 Å². The van der Waals surface area contributed by atoms with Gasteiger partial charge in [-0.3, -0.25) is 4.79 Å². The zero-order chi connectivity index (χ0) is 16.8. The van der Waals surface area contributed by atoms with Gasteiger partial charge in [0.25, 0.3) is 5.91 Å². The number of hydrogen-bond acceptors (Lipinski definition) is 2. The zero-order valence-electron chi connectivity index (χ0n) is 14.3. The Morgan fingerprint density at radius 3 is 2.30 bits per heavy atom. The highest BCUT2D eigenvalue weighted by Crippen LogP contribution is 2.19. The summed E-state index contributed by atoms with van der Waals surface area (Å²) in [5.74, 6) is 0.617. The number of anilines is 1. The van der Waals surface area contributed by atoms with Gasteiger partial charge in [-0.25, -0.2) is 0 Å². The second-order valence-corrected chi connectivity index (χ2v) is 5.80. The van der Waals surface area contributed by atoms with E-state index < -0.39 is 6.10 Å². The Kier molecular flexibility index (Phi) is 5.80. The Hall–Kier alpha value is -2.29. The van der Waals surface area contributed by atoms with Crippen molar-refractivity contribution in [3.63, 3.8) is 0 Å². The summed E-state index contributed by atoms with van der Waals surface area (Å²) in [5, 5.41) is 2.93. The van der Waals surface area contributed by atoms with Crippen molar-refractivity contribution < 1.29 is 9.53 Å². The van der Waals surface area contributed by atoms with E-state index in [1.54, 1.807) is 0 Å². The largest absolute Gasteiger partial charge is 0.481 e. The summed E-state index contributed by atoms with van der Waals surface area (Å²) in [6.45, 7) is 8.16. The van der Waals surface area contributed by atoms with Gasteiger partial charge in [-0.05, 0) is 67.6 Å². The number of ether oxygens (including phenoxy) is 1. The molecule has 23 heavy (non-hydrogen) atoms. The third-order valence-electron chi connectivity index (χ3n) is 4.05. The van der Waals surface area contributed by atoms with Crippen LogP contribution in [0.1, 0.15) is 37.0 Å². The average Bonchev–Trinajstić information content (AvgIpc) is 2.56. The Bertz CT molecular complexity index is 662. The molecule has 3 nitrogen and oxygen atoms in total. The molecule has 0 radical (unpaired) electrons. The second kappa shape index (κ2) is 7.82. The monoisotopic (exact) mass is 311 g/mol. The molecule has 122 valence electrons. The van der Waals surface area contributed by atoms with Gasteiger partial charge in [-0.2, -0.15) is 0 Å². The van der Waals surface area contributed by atoms with Crippen LogP contribution in [-0.4, -0.2) is 12.0 Å². The lowest BCUT2D eigenvalue weighted by Gasteiger charge is -2.18. The molecule has 3 heteroatoms. The molecule has 0 fully saturated rings. The topological polar surface area (TPSA) is 38.3 Å². The number of hydrogen-bond donors (Lipinski definition) is 1. The van der Waals surface area contributed by atoms with Gasteiger partial charge in [0.2, 0.25) is 0 Å². The van der Waals surface area contributed by atoms with Crippen LogP contribution in [0.3, 0.4) is 0 Å². The molecule has 0 aliphatic rings. The molecule has 1 atom stereocenters. The molecule has 0 aliphatic carbocycles. The van der Waals surface area contributed by atoms with Crippen LogP contribution in [-0.2, 0) is 11.2 Å². The lowest BCUT2D eigenvalue weighted by atomic mass is 10.1. The maximum absolute atomic E-state index is 12.4. The number of carbonyl (C=O) groups excluding carboxylic acids is 1. The van der Waals surface area contributed by atoms with E-state index in [1.807, 2.05) is 56.3 Å². The standard InChI is InChI=1S/C20H25NO2/c1-5-16-8-10-17(11-9-16)21-20(22)19(6-2)23-18-12-7-14(3)15(4)13-18/h7-13,19H,5-6H2,1-4H3,(H,21,22)/t19-/m0/s1. The van der Waals surface area contributed by atoms with Crippen LogP contribution in [0.15, 0.2) is 42.5 Å². The van der Waals surface area contributed by atoms with E-state index in [0.29, 0.717) is 6.42 Å². The maximum Gasteiger partial charge on any atom is 0.265 e. The number of amides is 1. The van der Waals surface area contributed by atoms with Crippen LogP contribution in [0.5, 0.6) is 5.75 Å². The first-order valence-corrected chi connectivity index (χ1v) is 8.17. The number of benzene rings is 2. The number of carbonyl (C=O) groups is 1. The van der Waals surface area contributed by atoms with E-state index in [4.69, 9.17) is 4.74 Å². The van der Waals surface area contributed by atoms with E-state index in [-0.39, 0.29) is 5.91 Å². The van der Waals surface area contributed by atoms with Crippen molar-refractivity contribution in [3.8, 4) is 5.75 Å². The summed E-state index contributed by atoms with van der Waals surface area (Å²) >= 11 is 0. The first-order chi connectivity index (χ1) is 11.0. The minimum absolute atomic E-state index is 0.116. The molecule has 0 aromatic heterocycles. The van der Waals surface area contributed by atoms with Gasteiger partial charge in [0, 0.05) is 5.69 Å². The van der Waals surface area contributed by atoms with Crippen molar-refractivity contribution in [2.24, 2.45) is 0 Å². The van der Waals surface area contributed by atoms with Crippen LogP contribution in [0, 0.1) is 13.8 Å². The molecule has 2 aromatic carbocycles. The molecular formula is C20H25NO2. The molecule has 1 N–H and O–H groups in total. The minimum atomic E-state index is -0.497. The van der Waals surface area contributed by atoms with Gasteiger partial charge in [0.1, 0.15) is 5.75 Å². The van der Waals surface area contributed by atoms with Gasteiger partial charge in [-0.1, -0.05) is 32.0 Å². The van der Waals surface area contributed by atoms with Gasteiger partial charge < -0.3 is 10.1 Å². The van der Waals surface area contributed by atoms with Crippen LogP contribution < -0.4 is 10.1 Å². The van der Waals surface area contributed by atoms with Crippen molar-refractivity contribution in [3.05, 3.63) is 59.2 Å². The van der Waals surface area contributed by atoms with E-state index in [1.165, 1.54) is 11.1 Å². The quantitative estimate of drug-likeness (QED) is 0.842. The SMILES string of the molecule is CCc1ccc(NC(=O)[C@H](CC)Oc2ccc(C)c(C)c2)cc1. The van der Waals surface area contributed by atoms with Crippen LogP contribution in [0.2, 0.25) is 0 Å². The number of aryl methyl sites for hydroxylation is 3. The Balaban J connectivity index is 2.03. The van der Waals surface area contributed by atoms with Gasteiger partial charge in [0.05, 0.1) is 0 Å². The molecule has 0 saturated heterocycles. The summed E-state index contributed by atoms with van der Waals surface area (Å²) < 4.78 is 5.87. The van der Waals surface area contributed by atoms with Gasteiger partial charge in [-0.15, -0.1) is 0 Å². The highest BCUT2D eigenvalue weighted by molar-refractivity contribution is 5.94. The molecule has 0 unspecified atom stereocenters. The fraction of sp³-hybridized carbons (Fsp3) is 0.350.